The van der Waals surface area contributed by atoms with Gasteiger partial charge in [0.1, 0.15) is 10.7 Å². The van der Waals surface area contributed by atoms with Gasteiger partial charge < -0.3 is 4.74 Å². The van der Waals surface area contributed by atoms with Crippen LogP contribution in [0.1, 0.15) is 17.8 Å². The SMILES string of the molecule is COCCCNS(=O)(=O)c1c(C)nn(-c2ccc(F)cc2)c1C. The average molecular weight is 341 g/mol. The van der Waals surface area contributed by atoms with Crippen molar-refractivity contribution in [3.63, 3.8) is 0 Å². The Morgan fingerprint density at radius 1 is 1.26 bits per heavy atom. The first kappa shape index (κ1) is 17.6. The highest BCUT2D eigenvalue weighted by atomic mass is 32.2. The van der Waals surface area contributed by atoms with E-state index in [1.807, 2.05) is 0 Å². The van der Waals surface area contributed by atoms with E-state index in [1.54, 1.807) is 33.1 Å². The van der Waals surface area contributed by atoms with Crippen LogP contribution in [0.5, 0.6) is 0 Å². The number of nitrogens with one attached hydrogen (secondary N) is 1. The number of methoxy groups -OCH3 is 1. The van der Waals surface area contributed by atoms with Crippen molar-refractivity contribution < 1.29 is 17.5 Å². The molecule has 126 valence electrons. The number of nitrogens with zero attached hydrogens (tertiary/aromatic N) is 2. The Bertz CT molecular complexity index is 770. The Kier molecular flexibility index (Phi) is 5.51. The van der Waals surface area contributed by atoms with Crippen LogP contribution in [0.2, 0.25) is 0 Å². The third-order valence-electron chi connectivity index (χ3n) is 3.38. The summed E-state index contributed by atoms with van der Waals surface area (Å²) >= 11 is 0. The van der Waals surface area contributed by atoms with Gasteiger partial charge in [0, 0.05) is 20.3 Å². The molecule has 1 aromatic heterocycles. The molecule has 1 heterocycles. The molecule has 0 spiro atoms. The quantitative estimate of drug-likeness (QED) is 0.781. The Morgan fingerprint density at radius 2 is 1.91 bits per heavy atom. The minimum Gasteiger partial charge on any atom is -0.385 e. The molecule has 23 heavy (non-hydrogen) atoms. The van der Waals surface area contributed by atoms with Crippen LogP contribution >= 0.6 is 0 Å². The van der Waals surface area contributed by atoms with E-state index in [4.69, 9.17) is 4.74 Å². The highest BCUT2D eigenvalue weighted by Gasteiger charge is 2.24. The summed E-state index contributed by atoms with van der Waals surface area (Å²) in [6.45, 7) is 4.08. The number of sulfonamides is 1. The number of hydrogen-bond donors (Lipinski definition) is 1. The lowest BCUT2D eigenvalue weighted by atomic mass is 10.3. The van der Waals surface area contributed by atoms with Gasteiger partial charge in [-0.3, -0.25) is 0 Å². The van der Waals surface area contributed by atoms with E-state index in [2.05, 4.69) is 9.82 Å². The lowest BCUT2D eigenvalue weighted by molar-refractivity contribution is 0.196. The van der Waals surface area contributed by atoms with Gasteiger partial charge in [-0.2, -0.15) is 5.10 Å². The summed E-state index contributed by atoms with van der Waals surface area (Å²) in [5.41, 5.74) is 1.48. The van der Waals surface area contributed by atoms with Gasteiger partial charge in [-0.1, -0.05) is 0 Å². The lowest BCUT2D eigenvalue weighted by Crippen LogP contribution is -2.26. The summed E-state index contributed by atoms with van der Waals surface area (Å²) in [6, 6.07) is 5.72. The molecule has 0 aliphatic carbocycles. The fourth-order valence-electron chi connectivity index (χ4n) is 2.35. The van der Waals surface area contributed by atoms with Crippen molar-refractivity contribution in [2.75, 3.05) is 20.3 Å². The monoisotopic (exact) mass is 341 g/mol. The average Bonchev–Trinajstić information content (AvgIpc) is 2.80. The first-order valence-corrected chi connectivity index (χ1v) is 8.66. The zero-order valence-electron chi connectivity index (χ0n) is 13.3. The van der Waals surface area contributed by atoms with Crippen molar-refractivity contribution in [1.29, 1.82) is 0 Å². The second kappa shape index (κ2) is 7.20. The van der Waals surface area contributed by atoms with Crippen LogP contribution in [-0.4, -0.2) is 38.5 Å². The topological polar surface area (TPSA) is 73.2 Å². The van der Waals surface area contributed by atoms with Crippen LogP contribution in [0.3, 0.4) is 0 Å². The maximum atomic E-state index is 13.0. The van der Waals surface area contributed by atoms with E-state index < -0.39 is 10.0 Å². The van der Waals surface area contributed by atoms with E-state index >= 15 is 0 Å². The molecule has 2 rings (SSSR count). The third-order valence-corrected chi connectivity index (χ3v) is 5.09. The first-order valence-electron chi connectivity index (χ1n) is 7.17. The van der Waals surface area contributed by atoms with Gasteiger partial charge in [0.25, 0.3) is 0 Å². The summed E-state index contributed by atoms with van der Waals surface area (Å²) in [5, 5.41) is 4.27. The van der Waals surface area contributed by atoms with Gasteiger partial charge in [-0.05, 0) is 44.5 Å². The van der Waals surface area contributed by atoms with Crippen LogP contribution in [0.4, 0.5) is 4.39 Å². The smallest absolute Gasteiger partial charge is 0.244 e. The van der Waals surface area contributed by atoms with Crippen LogP contribution in [-0.2, 0) is 14.8 Å². The van der Waals surface area contributed by atoms with E-state index in [9.17, 15) is 12.8 Å². The summed E-state index contributed by atoms with van der Waals surface area (Å²) in [7, 11) is -2.10. The standard InChI is InChI=1S/C15H20FN3O3S/c1-11-15(23(20,21)17-9-4-10-22-3)12(2)19(18-11)14-7-5-13(16)6-8-14/h5-8,17H,4,9-10H2,1-3H3. The number of hydrogen-bond acceptors (Lipinski definition) is 4. The normalized spacial score (nSPS) is 11.8. The fraction of sp³-hybridized carbons (Fsp3) is 0.400. The molecule has 6 nitrogen and oxygen atoms in total. The first-order chi connectivity index (χ1) is 10.9. The van der Waals surface area contributed by atoms with Crippen LogP contribution < -0.4 is 4.72 Å². The fourth-order valence-corrected chi connectivity index (χ4v) is 3.81. The molecule has 0 aliphatic rings. The third kappa shape index (κ3) is 3.95. The molecule has 0 bridgehead atoms. The summed E-state index contributed by atoms with van der Waals surface area (Å²) in [5.74, 6) is -0.358. The van der Waals surface area contributed by atoms with Crippen molar-refractivity contribution in [3.05, 3.63) is 41.5 Å². The van der Waals surface area contributed by atoms with E-state index in [1.165, 1.54) is 16.8 Å². The van der Waals surface area contributed by atoms with Crippen LogP contribution in [0.15, 0.2) is 29.2 Å². The number of rotatable bonds is 7. The molecule has 0 saturated heterocycles. The van der Waals surface area contributed by atoms with Gasteiger partial charge >= 0.3 is 0 Å². The summed E-state index contributed by atoms with van der Waals surface area (Å²) < 4.78 is 46.9. The highest BCUT2D eigenvalue weighted by Crippen LogP contribution is 2.22. The molecule has 2 aromatic rings. The number of ether oxygens (including phenoxy) is 1. The van der Waals surface area contributed by atoms with E-state index in [0.29, 0.717) is 30.1 Å². The highest BCUT2D eigenvalue weighted by molar-refractivity contribution is 7.89. The molecule has 8 heteroatoms. The molecule has 0 radical (unpaired) electrons. The number of halogens is 1. The van der Waals surface area contributed by atoms with Gasteiger partial charge in [0.15, 0.2) is 0 Å². The van der Waals surface area contributed by atoms with E-state index in [0.717, 1.165) is 0 Å². The molecule has 0 atom stereocenters. The second-order valence-electron chi connectivity index (χ2n) is 5.13. The van der Waals surface area contributed by atoms with Crippen molar-refractivity contribution in [2.45, 2.75) is 25.2 Å². The summed E-state index contributed by atoms with van der Waals surface area (Å²) in [6.07, 6.45) is 0.583. The molecule has 0 amide bonds. The summed E-state index contributed by atoms with van der Waals surface area (Å²) in [4.78, 5) is 0.152. The molecule has 0 unspecified atom stereocenters. The number of aromatic nitrogens is 2. The largest absolute Gasteiger partial charge is 0.385 e. The van der Waals surface area contributed by atoms with Crippen LogP contribution in [0.25, 0.3) is 5.69 Å². The predicted octanol–water partition coefficient (Wildman–Crippen LogP) is 1.94. The van der Waals surface area contributed by atoms with Crippen molar-refractivity contribution in [3.8, 4) is 5.69 Å². The van der Waals surface area contributed by atoms with Gasteiger partial charge in [0.05, 0.1) is 17.1 Å². The zero-order chi connectivity index (χ0) is 17.0. The Balaban J connectivity index is 2.32. The number of aryl methyl sites for hydroxylation is 1. The molecular weight excluding hydrogens is 321 g/mol. The Hall–Kier alpha value is -1.77. The Morgan fingerprint density at radius 3 is 2.52 bits per heavy atom. The van der Waals surface area contributed by atoms with E-state index in [-0.39, 0.29) is 17.3 Å². The Labute approximate surface area is 135 Å². The van der Waals surface area contributed by atoms with Crippen molar-refractivity contribution >= 4 is 10.0 Å². The van der Waals surface area contributed by atoms with Crippen LogP contribution in [0, 0.1) is 19.7 Å². The second-order valence-corrected chi connectivity index (χ2v) is 6.84. The molecule has 0 saturated carbocycles. The van der Waals surface area contributed by atoms with Crippen molar-refractivity contribution in [1.82, 2.24) is 14.5 Å². The molecule has 1 N–H and O–H groups in total. The maximum Gasteiger partial charge on any atom is 0.244 e. The molecule has 0 aliphatic heterocycles. The minimum atomic E-state index is -3.66. The molecular formula is C15H20FN3O3S. The van der Waals surface area contributed by atoms with Crippen molar-refractivity contribution in [2.24, 2.45) is 0 Å². The number of benzene rings is 1. The lowest BCUT2D eigenvalue weighted by Gasteiger charge is -2.08. The van der Waals surface area contributed by atoms with Gasteiger partial charge in [-0.25, -0.2) is 22.2 Å². The maximum absolute atomic E-state index is 13.0. The molecule has 1 aromatic carbocycles. The predicted molar refractivity (Wildman–Crippen MR) is 84.7 cm³/mol. The molecule has 0 fully saturated rings. The van der Waals surface area contributed by atoms with Gasteiger partial charge in [0.2, 0.25) is 10.0 Å². The zero-order valence-corrected chi connectivity index (χ0v) is 14.2. The van der Waals surface area contributed by atoms with Gasteiger partial charge in [-0.15, -0.1) is 0 Å². The minimum absolute atomic E-state index is 0.152.